The molecule has 3 aromatic heterocycles. The summed E-state index contributed by atoms with van der Waals surface area (Å²) in [5, 5.41) is 9.69. The molecular formula is C25H33N7O2S. The monoisotopic (exact) mass is 495 g/mol. The molecule has 4 aromatic rings. The molecule has 0 atom stereocenters. The van der Waals surface area contributed by atoms with E-state index in [0.717, 1.165) is 35.9 Å². The van der Waals surface area contributed by atoms with Gasteiger partial charge in [-0.2, -0.15) is 0 Å². The molecule has 1 N–H and O–H groups in total. The smallest absolute Gasteiger partial charge is 0.325 e. The van der Waals surface area contributed by atoms with Gasteiger partial charge in [0, 0.05) is 25.7 Å². The van der Waals surface area contributed by atoms with Crippen LogP contribution in [0.3, 0.4) is 0 Å². The zero-order chi connectivity index (χ0) is 25.3. The van der Waals surface area contributed by atoms with Crippen LogP contribution in [0.5, 0.6) is 0 Å². The first-order chi connectivity index (χ1) is 16.7. The summed E-state index contributed by atoms with van der Waals surface area (Å²) in [6.45, 7) is 12.0. The third-order valence-electron chi connectivity index (χ3n) is 6.21. The number of H-pyrrole nitrogens is 1. The number of hydrogen-bond acceptors (Lipinski definition) is 6. The lowest BCUT2D eigenvalue weighted by Crippen LogP contribution is -2.31. The molecule has 0 saturated heterocycles. The number of unbranched alkanes of at least 4 members (excludes halogenated alkanes) is 1. The van der Waals surface area contributed by atoms with Gasteiger partial charge in [0.1, 0.15) is 5.82 Å². The summed E-state index contributed by atoms with van der Waals surface area (Å²) in [4.78, 5) is 32.0. The number of aryl methyl sites for hydroxylation is 2. The molecule has 0 fully saturated rings. The highest BCUT2D eigenvalue weighted by Crippen LogP contribution is 2.29. The zero-order valence-corrected chi connectivity index (χ0v) is 22.1. The van der Waals surface area contributed by atoms with Crippen LogP contribution in [0, 0.1) is 0 Å². The Bertz CT molecular complexity index is 1450. The maximum absolute atomic E-state index is 12.5. The van der Waals surface area contributed by atoms with E-state index in [-0.39, 0.29) is 5.41 Å². The summed E-state index contributed by atoms with van der Waals surface area (Å²) in [7, 11) is 1.81. The fraction of sp³-hybridized carbons (Fsp3) is 0.480. The third kappa shape index (κ3) is 4.84. The van der Waals surface area contributed by atoms with Crippen LogP contribution in [-0.2, 0) is 31.3 Å². The molecule has 0 aliphatic rings. The Labute approximate surface area is 208 Å². The summed E-state index contributed by atoms with van der Waals surface area (Å²) in [5.41, 5.74) is 2.39. The lowest BCUT2D eigenvalue weighted by Gasteiger charge is -2.19. The maximum atomic E-state index is 12.5. The van der Waals surface area contributed by atoms with Gasteiger partial charge in [-0.05, 0) is 24.3 Å². The number of thioether (sulfide) groups is 1. The molecule has 186 valence electrons. The highest BCUT2D eigenvalue weighted by Gasteiger charge is 2.19. The van der Waals surface area contributed by atoms with Crippen molar-refractivity contribution >= 4 is 22.9 Å². The Morgan fingerprint density at radius 3 is 2.37 bits per heavy atom. The molecule has 4 rings (SSSR count). The van der Waals surface area contributed by atoms with Crippen LogP contribution in [0.25, 0.3) is 22.6 Å². The van der Waals surface area contributed by atoms with Crippen molar-refractivity contribution in [3.63, 3.8) is 0 Å². The highest BCUT2D eigenvalue weighted by molar-refractivity contribution is 7.98. The van der Waals surface area contributed by atoms with Gasteiger partial charge < -0.3 is 9.13 Å². The lowest BCUT2D eigenvalue weighted by molar-refractivity contribution is 0.590. The fourth-order valence-electron chi connectivity index (χ4n) is 4.09. The number of nitrogens with zero attached hydrogens (tertiary/aromatic N) is 6. The molecule has 9 nitrogen and oxygen atoms in total. The van der Waals surface area contributed by atoms with Gasteiger partial charge in [0.25, 0.3) is 5.56 Å². The number of fused-ring (bicyclic) bond motifs is 1. The second-order valence-corrected chi connectivity index (χ2v) is 10.6. The minimum Gasteiger partial charge on any atom is -0.325 e. The van der Waals surface area contributed by atoms with Crippen LogP contribution in [-0.4, -0.2) is 33.9 Å². The molecule has 0 spiro atoms. The largest absolute Gasteiger partial charge is 0.330 e. The van der Waals surface area contributed by atoms with Crippen molar-refractivity contribution in [2.45, 2.75) is 76.9 Å². The third-order valence-corrected chi connectivity index (χ3v) is 7.18. The van der Waals surface area contributed by atoms with Crippen molar-refractivity contribution in [1.82, 2.24) is 33.9 Å². The van der Waals surface area contributed by atoms with Crippen LogP contribution in [0.15, 0.2) is 39.0 Å². The molecule has 0 radical (unpaired) electrons. The summed E-state index contributed by atoms with van der Waals surface area (Å²) in [5.74, 6) is 2.02. The van der Waals surface area contributed by atoms with Crippen molar-refractivity contribution in [2.24, 2.45) is 7.05 Å². The van der Waals surface area contributed by atoms with Gasteiger partial charge in [-0.1, -0.05) is 70.1 Å². The number of imidazole rings is 1. The van der Waals surface area contributed by atoms with E-state index in [1.165, 1.54) is 17.3 Å². The minimum absolute atomic E-state index is 0.0901. The van der Waals surface area contributed by atoms with Crippen LogP contribution in [0.1, 0.15) is 58.8 Å². The predicted molar refractivity (Wildman–Crippen MR) is 140 cm³/mol. The van der Waals surface area contributed by atoms with Crippen molar-refractivity contribution in [1.29, 1.82) is 0 Å². The first-order valence-electron chi connectivity index (χ1n) is 12.0. The Morgan fingerprint density at radius 1 is 1.03 bits per heavy atom. The molecule has 0 aliphatic heterocycles. The molecule has 0 aliphatic carbocycles. The Hall–Kier alpha value is -3.14. The number of aromatic amines is 1. The molecule has 1 aromatic carbocycles. The second kappa shape index (κ2) is 9.85. The number of hydrogen-bond donors (Lipinski definition) is 1. The van der Waals surface area contributed by atoms with Crippen LogP contribution >= 0.6 is 11.8 Å². The molecule has 3 heterocycles. The van der Waals surface area contributed by atoms with E-state index in [1.807, 2.05) is 7.05 Å². The van der Waals surface area contributed by atoms with E-state index in [0.29, 0.717) is 29.3 Å². The number of benzene rings is 1. The van der Waals surface area contributed by atoms with Crippen molar-refractivity contribution in [3.8, 4) is 11.4 Å². The lowest BCUT2D eigenvalue weighted by atomic mass is 9.87. The standard InChI is InChI=1S/C25H33N7O2S/c1-7-9-14-32-21-19(22(33)27-23(32)34)30(6)18(26-21)15-35-24-29-28-20(31(24)8-2)16-10-12-17(13-11-16)25(3,4)5/h10-13H,7-9,14-15H2,1-6H3,(H,27,33,34). The molecule has 10 heteroatoms. The fourth-order valence-corrected chi connectivity index (χ4v) is 5.07. The van der Waals surface area contributed by atoms with Crippen molar-refractivity contribution < 1.29 is 0 Å². The molecular weight excluding hydrogens is 462 g/mol. The molecule has 0 bridgehead atoms. The van der Waals surface area contributed by atoms with E-state index in [4.69, 9.17) is 0 Å². The summed E-state index contributed by atoms with van der Waals surface area (Å²) in [6, 6.07) is 8.48. The minimum atomic E-state index is -0.416. The Morgan fingerprint density at radius 2 is 1.74 bits per heavy atom. The number of aromatic nitrogens is 7. The van der Waals surface area contributed by atoms with Gasteiger partial charge in [-0.3, -0.25) is 14.3 Å². The molecule has 0 saturated carbocycles. The summed E-state index contributed by atoms with van der Waals surface area (Å²) >= 11 is 1.52. The summed E-state index contributed by atoms with van der Waals surface area (Å²) < 4.78 is 5.41. The predicted octanol–water partition coefficient (Wildman–Crippen LogP) is 4.09. The topological polar surface area (TPSA) is 103 Å². The van der Waals surface area contributed by atoms with E-state index in [1.54, 1.807) is 9.13 Å². The normalized spacial score (nSPS) is 12.1. The van der Waals surface area contributed by atoms with Crippen LogP contribution < -0.4 is 11.2 Å². The SMILES string of the molecule is CCCCn1c(=O)[nH]c(=O)c2c1nc(CSc1nnc(-c3ccc(C(C)(C)C)cc3)n1CC)n2C. The summed E-state index contributed by atoms with van der Waals surface area (Å²) in [6.07, 6.45) is 1.78. The van der Waals surface area contributed by atoms with E-state index < -0.39 is 11.2 Å². The van der Waals surface area contributed by atoms with Gasteiger partial charge in [0.15, 0.2) is 22.1 Å². The van der Waals surface area contributed by atoms with Gasteiger partial charge in [0.05, 0.1) is 5.75 Å². The molecule has 0 unspecified atom stereocenters. The zero-order valence-electron chi connectivity index (χ0n) is 21.3. The molecule has 0 amide bonds. The van der Waals surface area contributed by atoms with E-state index >= 15 is 0 Å². The number of rotatable bonds is 8. The number of nitrogens with one attached hydrogen (secondary N) is 1. The van der Waals surface area contributed by atoms with Crippen molar-refractivity contribution in [2.75, 3.05) is 0 Å². The first-order valence-corrected chi connectivity index (χ1v) is 13.0. The molecule has 35 heavy (non-hydrogen) atoms. The van der Waals surface area contributed by atoms with Crippen LogP contribution in [0.4, 0.5) is 0 Å². The van der Waals surface area contributed by atoms with E-state index in [9.17, 15) is 9.59 Å². The maximum Gasteiger partial charge on any atom is 0.330 e. The Balaban J connectivity index is 1.63. The average Bonchev–Trinajstić information content (AvgIpc) is 3.37. The highest BCUT2D eigenvalue weighted by atomic mass is 32.2. The average molecular weight is 496 g/mol. The van der Waals surface area contributed by atoms with Crippen molar-refractivity contribution in [3.05, 3.63) is 56.5 Å². The van der Waals surface area contributed by atoms with Gasteiger partial charge in [-0.15, -0.1) is 10.2 Å². The van der Waals surface area contributed by atoms with E-state index in [2.05, 4.69) is 83.6 Å². The second-order valence-electron chi connectivity index (χ2n) is 9.69. The van der Waals surface area contributed by atoms with Gasteiger partial charge in [0.2, 0.25) is 0 Å². The first kappa shape index (κ1) is 25.0. The van der Waals surface area contributed by atoms with Gasteiger partial charge >= 0.3 is 5.69 Å². The van der Waals surface area contributed by atoms with Gasteiger partial charge in [-0.25, -0.2) is 9.78 Å². The van der Waals surface area contributed by atoms with Crippen LogP contribution in [0.2, 0.25) is 0 Å². The Kier molecular flexibility index (Phi) is 7.02. The quantitative estimate of drug-likeness (QED) is 0.369.